The van der Waals surface area contributed by atoms with E-state index in [2.05, 4.69) is 0 Å². The average molecular weight is 1130 g/mol. The van der Waals surface area contributed by atoms with Gasteiger partial charge in [0, 0.05) is 19.3 Å². The summed E-state index contributed by atoms with van der Waals surface area (Å²) in [4.78, 5) is 13.8. The maximum atomic E-state index is 13.8. The van der Waals surface area contributed by atoms with Gasteiger partial charge in [-0.3, -0.25) is 0 Å². The molecule has 7 aromatic rings. The molecule has 0 spiro atoms. The van der Waals surface area contributed by atoms with Gasteiger partial charge in [0.25, 0.3) is 0 Å². The first-order valence-corrected chi connectivity index (χ1v) is 28.9. The van der Waals surface area contributed by atoms with Crippen LogP contribution >= 0.6 is 0 Å². The minimum atomic E-state index is -1.45. The van der Waals surface area contributed by atoms with Gasteiger partial charge >= 0.3 is 5.97 Å². The Morgan fingerprint density at radius 3 is 1.07 bits per heavy atom. The second kappa shape index (κ2) is 30.9. The number of ether oxygens (including phenoxy) is 11. The molecule has 0 amide bonds. The fraction of sp³-hybridized carbons (Fsp3) is 0.386. The molecule has 2 fully saturated rings. The molecule has 2 heterocycles. The molecule has 438 valence electrons. The highest BCUT2D eigenvalue weighted by molar-refractivity contribution is 5.72. The first-order chi connectivity index (χ1) is 40.4. The summed E-state index contributed by atoms with van der Waals surface area (Å²) in [6, 6.07) is 69.5. The van der Waals surface area contributed by atoms with Crippen LogP contribution < -0.4 is 0 Å². The predicted octanol–water partition coefficient (Wildman–Crippen LogP) is 13.0. The Hall–Kier alpha value is -6.43. The van der Waals surface area contributed by atoms with Crippen LogP contribution in [0, 0.1) is 0 Å². The molecule has 2 saturated heterocycles. The summed E-state index contributed by atoms with van der Waals surface area (Å²) in [5, 5.41) is 11.2. The normalized spacial score (nSPS) is 21.9. The van der Waals surface area contributed by atoms with Gasteiger partial charge in [0.15, 0.2) is 18.7 Å². The van der Waals surface area contributed by atoms with E-state index in [9.17, 15) is 9.90 Å². The van der Waals surface area contributed by atoms with E-state index in [-0.39, 0.29) is 45.7 Å². The van der Waals surface area contributed by atoms with Gasteiger partial charge in [-0.2, -0.15) is 0 Å². The zero-order chi connectivity index (χ0) is 57.7. The van der Waals surface area contributed by atoms with Gasteiger partial charge in [-0.15, -0.1) is 0 Å². The van der Waals surface area contributed by atoms with Crippen molar-refractivity contribution in [2.45, 2.75) is 166 Å². The fourth-order valence-corrected chi connectivity index (χ4v) is 10.5. The summed E-state index contributed by atoms with van der Waals surface area (Å²) in [5.74, 6) is -1.21. The van der Waals surface area contributed by atoms with Crippen LogP contribution in [0.5, 0.6) is 0 Å². The third kappa shape index (κ3) is 18.8. The highest BCUT2D eigenvalue weighted by Crippen LogP contribution is 2.39. The van der Waals surface area contributed by atoms with Gasteiger partial charge < -0.3 is 57.2 Å². The van der Waals surface area contributed by atoms with Crippen LogP contribution in [-0.4, -0.2) is 90.3 Å². The van der Waals surface area contributed by atoms with Crippen LogP contribution in [0.2, 0.25) is 0 Å². The maximum Gasteiger partial charge on any atom is 0.333 e. The second-order valence-corrected chi connectivity index (χ2v) is 22.3. The summed E-state index contributed by atoms with van der Waals surface area (Å²) >= 11 is 0. The Balaban J connectivity index is 1.01. The Kier molecular flexibility index (Phi) is 22.8. The minimum absolute atomic E-state index is 0.00332. The Labute approximate surface area is 489 Å². The van der Waals surface area contributed by atoms with Gasteiger partial charge in [-0.25, -0.2) is 4.79 Å². The van der Waals surface area contributed by atoms with Crippen molar-refractivity contribution in [1.82, 2.24) is 0 Å². The summed E-state index contributed by atoms with van der Waals surface area (Å²) in [7, 11) is 0. The van der Waals surface area contributed by atoms with Crippen molar-refractivity contribution in [1.29, 1.82) is 0 Å². The second-order valence-electron chi connectivity index (χ2n) is 22.3. The van der Waals surface area contributed by atoms with Crippen molar-refractivity contribution in [2.75, 3.05) is 6.61 Å². The Morgan fingerprint density at radius 2 is 0.735 bits per heavy atom. The van der Waals surface area contributed by atoms with Crippen molar-refractivity contribution in [3.8, 4) is 0 Å². The number of carboxylic acids is 1. The molecule has 0 saturated carbocycles. The average Bonchev–Trinajstić information content (AvgIpc) is 3.69. The predicted molar refractivity (Wildman–Crippen MR) is 315 cm³/mol. The number of hydrogen-bond acceptors (Lipinski definition) is 12. The van der Waals surface area contributed by atoms with Crippen molar-refractivity contribution in [3.63, 3.8) is 0 Å². The Bertz CT molecular complexity index is 2920. The molecule has 83 heavy (non-hydrogen) atoms. The van der Waals surface area contributed by atoms with E-state index < -0.39 is 78.6 Å². The quantitative estimate of drug-likeness (QED) is 0.0441. The van der Waals surface area contributed by atoms with E-state index >= 15 is 0 Å². The highest BCUT2D eigenvalue weighted by Gasteiger charge is 2.51. The third-order valence-corrected chi connectivity index (χ3v) is 15.1. The van der Waals surface area contributed by atoms with Gasteiger partial charge in [0.2, 0.25) is 0 Å². The van der Waals surface area contributed by atoms with E-state index in [1.807, 2.05) is 240 Å². The topological polar surface area (TPSA) is 139 Å². The molecule has 0 aliphatic carbocycles. The van der Waals surface area contributed by atoms with Gasteiger partial charge in [-0.05, 0) is 66.6 Å². The van der Waals surface area contributed by atoms with Gasteiger partial charge in [-0.1, -0.05) is 212 Å². The molecule has 2 aliphatic rings. The molecule has 2 aliphatic heterocycles. The van der Waals surface area contributed by atoms with Crippen LogP contribution in [-0.2, 0) is 103 Å². The lowest BCUT2D eigenvalue weighted by Gasteiger charge is -2.48. The van der Waals surface area contributed by atoms with Crippen molar-refractivity contribution < 1.29 is 62.0 Å². The van der Waals surface area contributed by atoms with Crippen molar-refractivity contribution in [2.24, 2.45) is 0 Å². The minimum Gasteiger partial charge on any atom is -0.479 e. The number of hydrogen-bond donors (Lipinski definition) is 1. The molecule has 10 atom stereocenters. The van der Waals surface area contributed by atoms with Gasteiger partial charge in [0.1, 0.15) is 24.4 Å². The number of rotatable bonds is 31. The lowest BCUT2D eigenvalue weighted by atomic mass is 9.89. The van der Waals surface area contributed by atoms with E-state index in [1.165, 1.54) is 0 Å². The fourth-order valence-electron chi connectivity index (χ4n) is 10.5. The number of carboxylic acid groups (broad SMARTS) is 1. The molecular weight excluding hydrogens is 1050 g/mol. The lowest BCUT2D eigenvalue weighted by molar-refractivity contribution is -0.323. The van der Waals surface area contributed by atoms with Crippen LogP contribution in [0.25, 0.3) is 0 Å². The number of aliphatic carboxylic acids is 1. The Morgan fingerprint density at radius 1 is 0.434 bits per heavy atom. The van der Waals surface area contributed by atoms with E-state index in [0.717, 1.165) is 38.9 Å². The largest absolute Gasteiger partial charge is 0.479 e. The molecule has 0 aromatic heterocycles. The molecule has 1 N–H and O–H groups in total. The lowest BCUT2D eigenvalue weighted by Crippen LogP contribution is -2.60. The smallest absolute Gasteiger partial charge is 0.333 e. The summed E-state index contributed by atoms with van der Waals surface area (Å²) in [5.41, 5.74) is 4.88. The number of carbonyl (C=O) groups is 1. The molecule has 0 radical (unpaired) electrons. The summed E-state index contributed by atoms with van der Waals surface area (Å²) < 4.78 is 75.2. The monoisotopic (exact) mass is 1130 g/mol. The van der Waals surface area contributed by atoms with Crippen molar-refractivity contribution >= 4 is 5.97 Å². The highest BCUT2D eigenvalue weighted by atomic mass is 16.7. The number of benzene rings is 7. The van der Waals surface area contributed by atoms with Gasteiger partial charge in [0.05, 0.1) is 82.4 Å². The third-order valence-electron chi connectivity index (χ3n) is 15.1. The molecule has 13 nitrogen and oxygen atoms in total. The van der Waals surface area contributed by atoms with Crippen LogP contribution in [0.15, 0.2) is 212 Å². The van der Waals surface area contributed by atoms with Crippen LogP contribution in [0.4, 0.5) is 0 Å². The summed E-state index contributed by atoms with van der Waals surface area (Å²) in [6.45, 7) is 9.88. The first kappa shape index (κ1) is 61.1. The first-order valence-electron chi connectivity index (χ1n) is 28.9. The standard InChI is InChI=1S/C70H80O13/c1-69(2,78-48-56-36-22-10-23-37-56)66-64(76-46-54-32-18-8-19-33-54)59(74-44-52-28-14-6-15-29-52)41-62(82-66)80-58(50-73-43-51-26-12-5-13-27-51)40-61(68(71)72)81-63-42-60(75-45-53-30-16-7-17-31-53)65(77-47-55-34-20-9-21-35-55)67(83-63)70(3,4)79-49-57-38-24-11-25-39-57/h5-39,58-67H,40-50H2,1-4H3,(H,71,72)/t58-,59+,60+,61?,62-,63-,64-,65-,66-,67-/m0/s1. The molecule has 0 bridgehead atoms. The maximum absolute atomic E-state index is 13.8. The molecule has 13 heteroatoms. The molecule has 7 aromatic carbocycles. The van der Waals surface area contributed by atoms with E-state index in [1.54, 1.807) is 0 Å². The molecule has 1 unspecified atom stereocenters. The zero-order valence-corrected chi connectivity index (χ0v) is 48.1. The van der Waals surface area contributed by atoms with Crippen LogP contribution in [0.1, 0.15) is 85.9 Å². The molecular formula is C70H80O13. The van der Waals surface area contributed by atoms with Crippen LogP contribution in [0.3, 0.4) is 0 Å². The van der Waals surface area contributed by atoms with E-state index in [4.69, 9.17) is 52.1 Å². The van der Waals surface area contributed by atoms with Crippen molar-refractivity contribution in [3.05, 3.63) is 251 Å². The SMILES string of the molecule is CC(C)(OCc1ccccc1)[C@H]1O[C@H](OC(C[C@@H](COCc2ccccc2)O[C@@H]2C[C@@H](OCc3ccccc3)[C@H](OCc3ccccc3)[C@@H](C(C)(C)OCc3ccccc3)O2)C(=O)O)C[C@@H](OCc2ccccc2)[C@@H]1OCc1ccccc1. The zero-order valence-electron chi connectivity index (χ0n) is 48.1. The molecule has 9 rings (SSSR count). The summed E-state index contributed by atoms with van der Waals surface area (Å²) in [6.07, 6.45) is -8.12. The van der Waals surface area contributed by atoms with E-state index in [0.29, 0.717) is 26.4 Å².